The van der Waals surface area contributed by atoms with Crippen LogP contribution in [0, 0.1) is 0 Å². The van der Waals surface area contributed by atoms with Gasteiger partial charge in [-0.25, -0.2) is 9.48 Å². The standard InChI is InChI=1S/C29H26BrClN4O3S/c1-3-37-27(36)25-18(2)32-28-33-29(39-17-21-6-4-5-7-24(21)31)34-35(28)26(25)20-10-14-23(15-11-20)38-16-19-8-12-22(30)13-9-19/h4-15,26H,3,16-17H2,1-2H3,(H,32,33,34). The fourth-order valence-corrected chi connectivity index (χ4v) is 5.60. The first kappa shape index (κ1) is 27.3. The lowest BCUT2D eigenvalue weighted by molar-refractivity contribution is -0.139. The van der Waals surface area contributed by atoms with Gasteiger partial charge in [0, 0.05) is 20.9 Å². The van der Waals surface area contributed by atoms with Crippen LogP contribution < -0.4 is 10.1 Å². The van der Waals surface area contributed by atoms with Gasteiger partial charge in [-0.1, -0.05) is 81.8 Å². The number of ether oxygens (including phenoxy) is 2. The molecule has 0 aliphatic carbocycles. The van der Waals surface area contributed by atoms with E-state index in [1.165, 1.54) is 11.8 Å². The van der Waals surface area contributed by atoms with Crippen molar-refractivity contribution in [3.63, 3.8) is 0 Å². The van der Waals surface area contributed by atoms with Gasteiger partial charge in [0.15, 0.2) is 0 Å². The van der Waals surface area contributed by atoms with Gasteiger partial charge in [0.25, 0.3) is 0 Å². The Morgan fingerprint density at radius 1 is 1.10 bits per heavy atom. The van der Waals surface area contributed by atoms with Gasteiger partial charge in [0.05, 0.1) is 12.2 Å². The Bertz CT molecular complexity index is 1510. The van der Waals surface area contributed by atoms with Crippen LogP contribution in [0.4, 0.5) is 5.95 Å². The van der Waals surface area contributed by atoms with E-state index in [1.807, 2.05) is 79.7 Å². The molecule has 1 N–H and O–H groups in total. The Labute approximate surface area is 244 Å². The molecule has 1 aromatic heterocycles. The largest absolute Gasteiger partial charge is 0.489 e. The Balaban J connectivity index is 1.41. The Morgan fingerprint density at radius 2 is 1.85 bits per heavy atom. The number of esters is 1. The number of fused-ring (bicyclic) bond motifs is 1. The van der Waals surface area contributed by atoms with Gasteiger partial charge in [-0.3, -0.25) is 0 Å². The molecule has 4 aromatic rings. The molecule has 2 heterocycles. The van der Waals surface area contributed by atoms with Gasteiger partial charge >= 0.3 is 5.97 Å². The van der Waals surface area contributed by atoms with Gasteiger partial charge in [-0.05, 0) is 60.9 Å². The van der Waals surface area contributed by atoms with Crippen LogP contribution in [0.2, 0.25) is 5.02 Å². The first-order valence-corrected chi connectivity index (χ1v) is 14.5. The zero-order chi connectivity index (χ0) is 27.4. The highest BCUT2D eigenvalue weighted by Crippen LogP contribution is 2.38. The summed E-state index contributed by atoms with van der Waals surface area (Å²) < 4.78 is 14.2. The van der Waals surface area contributed by atoms with Gasteiger partial charge in [0.2, 0.25) is 11.1 Å². The van der Waals surface area contributed by atoms with Crippen molar-refractivity contribution in [3.05, 3.63) is 110 Å². The van der Waals surface area contributed by atoms with Crippen LogP contribution in [0.3, 0.4) is 0 Å². The maximum atomic E-state index is 13.1. The van der Waals surface area contributed by atoms with E-state index < -0.39 is 12.0 Å². The van der Waals surface area contributed by atoms with Crippen LogP contribution in [-0.4, -0.2) is 27.3 Å². The number of carbonyl (C=O) groups excluding carboxylic acids is 1. The molecule has 1 aliphatic heterocycles. The molecule has 1 aliphatic rings. The summed E-state index contributed by atoms with van der Waals surface area (Å²) in [6.45, 7) is 4.37. The highest BCUT2D eigenvalue weighted by molar-refractivity contribution is 9.10. The van der Waals surface area contributed by atoms with Crippen molar-refractivity contribution in [2.24, 2.45) is 0 Å². The van der Waals surface area contributed by atoms with E-state index in [0.717, 1.165) is 26.9 Å². The number of hydrogen-bond donors (Lipinski definition) is 1. The second-order valence-corrected chi connectivity index (χ2v) is 11.1. The second-order valence-electron chi connectivity index (χ2n) is 8.81. The van der Waals surface area contributed by atoms with Crippen LogP contribution >= 0.6 is 39.3 Å². The highest BCUT2D eigenvalue weighted by Gasteiger charge is 2.35. The SMILES string of the molecule is CCOC(=O)C1=C(C)Nc2nc(SCc3ccccc3Cl)nn2C1c1ccc(OCc2ccc(Br)cc2)cc1. The monoisotopic (exact) mass is 624 g/mol. The van der Waals surface area contributed by atoms with E-state index in [4.69, 9.17) is 31.2 Å². The van der Waals surface area contributed by atoms with Gasteiger partial charge < -0.3 is 14.8 Å². The maximum Gasteiger partial charge on any atom is 0.338 e. The molecule has 0 bridgehead atoms. The summed E-state index contributed by atoms with van der Waals surface area (Å²) in [5, 5.41) is 9.29. The number of hydrogen-bond acceptors (Lipinski definition) is 7. The van der Waals surface area contributed by atoms with Crippen LogP contribution in [-0.2, 0) is 21.9 Å². The fourth-order valence-electron chi connectivity index (χ4n) is 4.23. The first-order chi connectivity index (χ1) is 18.9. The van der Waals surface area contributed by atoms with Crippen molar-refractivity contribution in [3.8, 4) is 5.75 Å². The number of benzene rings is 3. The molecular formula is C29H26BrClN4O3S. The van der Waals surface area contributed by atoms with Gasteiger partial charge in [-0.15, -0.1) is 5.10 Å². The van der Waals surface area contributed by atoms with Crippen molar-refractivity contribution in [1.82, 2.24) is 14.8 Å². The van der Waals surface area contributed by atoms with Crippen molar-refractivity contribution in [2.45, 2.75) is 37.4 Å². The predicted octanol–water partition coefficient (Wildman–Crippen LogP) is 7.42. The Hall–Kier alpha value is -3.27. The number of rotatable bonds is 9. The normalized spacial score (nSPS) is 14.5. The zero-order valence-corrected chi connectivity index (χ0v) is 24.5. The number of anilines is 1. The minimum Gasteiger partial charge on any atom is -0.489 e. The van der Waals surface area contributed by atoms with E-state index in [9.17, 15) is 4.79 Å². The molecule has 0 fully saturated rings. The molecule has 0 saturated carbocycles. The van der Waals surface area contributed by atoms with E-state index in [1.54, 1.807) is 11.6 Å². The lowest BCUT2D eigenvalue weighted by Crippen LogP contribution is -2.29. The molecule has 5 rings (SSSR count). The number of aromatic nitrogens is 3. The molecule has 1 atom stereocenters. The summed E-state index contributed by atoms with van der Waals surface area (Å²) in [5.74, 6) is 1.51. The molecule has 0 saturated heterocycles. The summed E-state index contributed by atoms with van der Waals surface area (Å²) in [7, 11) is 0. The molecule has 3 aromatic carbocycles. The number of allylic oxidation sites excluding steroid dienone is 1. The van der Waals surface area contributed by atoms with Crippen LogP contribution in [0.5, 0.6) is 5.75 Å². The van der Waals surface area contributed by atoms with Crippen LogP contribution in [0.1, 0.15) is 36.6 Å². The quantitative estimate of drug-likeness (QED) is 0.153. The summed E-state index contributed by atoms with van der Waals surface area (Å²) in [4.78, 5) is 17.8. The Morgan fingerprint density at radius 3 is 2.56 bits per heavy atom. The third kappa shape index (κ3) is 6.32. The molecule has 0 radical (unpaired) electrons. The zero-order valence-electron chi connectivity index (χ0n) is 21.4. The Kier molecular flexibility index (Phi) is 8.60. The van der Waals surface area contributed by atoms with Gasteiger partial charge in [0.1, 0.15) is 18.4 Å². The first-order valence-electron chi connectivity index (χ1n) is 12.4. The lowest BCUT2D eigenvalue weighted by atomic mass is 9.96. The lowest BCUT2D eigenvalue weighted by Gasteiger charge is -2.28. The highest BCUT2D eigenvalue weighted by atomic mass is 79.9. The topological polar surface area (TPSA) is 78.3 Å². The number of nitrogens with one attached hydrogen (secondary N) is 1. The average molecular weight is 626 g/mol. The van der Waals surface area contributed by atoms with E-state index in [0.29, 0.717) is 39.8 Å². The predicted molar refractivity (Wildman–Crippen MR) is 157 cm³/mol. The van der Waals surface area contributed by atoms with Crippen molar-refractivity contribution < 1.29 is 14.3 Å². The van der Waals surface area contributed by atoms with E-state index in [2.05, 4.69) is 21.2 Å². The molecule has 200 valence electrons. The minimum atomic E-state index is -0.511. The van der Waals surface area contributed by atoms with Crippen LogP contribution in [0.25, 0.3) is 0 Å². The molecule has 7 nitrogen and oxygen atoms in total. The fraction of sp³-hybridized carbons (Fsp3) is 0.207. The van der Waals surface area contributed by atoms with Gasteiger partial charge in [-0.2, -0.15) is 4.98 Å². The molecule has 0 spiro atoms. The average Bonchev–Trinajstić information content (AvgIpc) is 3.34. The van der Waals surface area contributed by atoms with E-state index >= 15 is 0 Å². The molecule has 0 amide bonds. The molecule has 39 heavy (non-hydrogen) atoms. The number of thioether (sulfide) groups is 1. The second kappa shape index (κ2) is 12.3. The smallest absolute Gasteiger partial charge is 0.338 e. The number of halogens is 2. The van der Waals surface area contributed by atoms with Crippen molar-refractivity contribution in [1.29, 1.82) is 0 Å². The molecule has 1 unspecified atom stereocenters. The number of nitrogens with zero attached hydrogens (tertiary/aromatic N) is 3. The summed E-state index contributed by atoms with van der Waals surface area (Å²) >= 11 is 11.3. The summed E-state index contributed by atoms with van der Waals surface area (Å²) in [6, 6.07) is 22.9. The summed E-state index contributed by atoms with van der Waals surface area (Å²) in [6.07, 6.45) is 0. The molecule has 10 heteroatoms. The van der Waals surface area contributed by atoms with Crippen molar-refractivity contribution in [2.75, 3.05) is 11.9 Å². The van der Waals surface area contributed by atoms with Crippen LogP contribution in [0.15, 0.2) is 93.7 Å². The van der Waals surface area contributed by atoms with E-state index in [-0.39, 0.29) is 6.61 Å². The third-order valence-corrected chi connectivity index (χ3v) is 7.94. The minimum absolute atomic E-state index is 0.272. The third-order valence-electron chi connectivity index (χ3n) is 6.16. The molecular weight excluding hydrogens is 600 g/mol. The number of carbonyl (C=O) groups is 1. The summed E-state index contributed by atoms with van der Waals surface area (Å²) in [5.41, 5.74) is 4.10. The maximum absolute atomic E-state index is 13.1. The van der Waals surface area contributed by atoms with Crippen molar-refractivity contribution >= 4 is 51.2 Å².